The second-order valence-corrected chi connectivity index (χ2v) is 6.58. The lowest BCUT2D eigenvalue weighted by Gasteiger charge is -2.21. The number of benzene rings is 1. The standard InChI is InChI=1S/C17H21NO3/c1-17(2,3)21-16(19)18-14-8-7-13(20-4)9-12(14)10-15(18)11-5-6-11/h7-11H,5-6H2,1-4H3. The molecule has 4 nitrogen and oxygen atoms in total. The maximum Gasteiger partial charge on any atom is 0.419 e. The number of nitrogens with zero attached hydrogens (tertiary/aromatic N) is 1. The van der Waals surface area contributed by atoms with Crippen LogP contribution in [0.5, 0.6) is 5.75 Å². The van der Waals surface area contributed by atoms with Crippen LogP contribution in [0.1, 0.15) is 45.2 Å². The highest BCUT2D eigenvalue weighted by molar-refractivity contribution is 5.92. The Kier molecular flexibility index (Phi) is 3.19. The molecule has 1 aromatic carbocycles. The molecule has 1 aromatic heterocycles. The Bertz CT molecular complexity index is 690. The van der Waals surface area contributed by atoms with Gasteiger partial charge in [0.25, 0.3) is 0 Å². The highest BCUT2D eigenvalue weighted by Gasteiger charge is 2.31. The van der Waals surface area contributed by atoms with Gasteiger partial charge >= 0.3 is 6.09 Å². The first-order valence-electron chi connectivity index (χ1n) is 7.32. The summed E-state index contributed by atoms with van der Waals surface area (Å²) in [7, 11) is 1.65. The predicted molar refractivity (Wildman–Crippen MR) is 82.1 cm³/mol. The molecule has 0 aliphatic heterocycles. The number of hydrogen-bond donors (Lipinski definition) is 0. The molecular formula is C17H21NO3. The molecule has 21 heavy (non-hydrogen) atoms. The van der Waals surface area contributed by atoms with Crippen LogP contribution >= 0.6 is 0 Å². The maximum absolute atomic E-state index is 12.6. The molecule has 3 rings (SSSR count). The summed E-state index contributed by atoms with van der Waals surface area (Å²) in [6.45, 7) is 5.66. The molecule has 0 bridgehead atoms. The number of fused-ring (bicyclic) bond motifs is 1. The maximum atomic E-state index is 12.6. The minimum Gasteiger partial charge on any atom is -0.497 e. The molecule has 0 amide bonds. The van der Waals surface area contributed by atoms with Crippen molar-refractivity contribution >= 4 is 17.0 Å². The number of aromatic nitrogens is 1. The zero-order valence-electron chi connectivity index (χ0n) is 13.0. The van der Waals surface area contributed by atoms with E-state index in [-0.39, 0.29) is 6.09 Å². The Morgan fingerprint density at radius 3 is 2.52 bits per heavy atom. The van der Waals surface area contributed by atoms with Gasteiger partial charge in [-0.1, -0.05) is 0 Å². The molecule has 0 N–H and O–H groups in total. The molecule has 1 aliphatic rings. The quantitative estimate of drug-likeness (QED) is 0.826. The number of hydrogen-bond acceptors (Lipinski definition) is 3. The SMILES string of the molecule is COc1ccc2c(c1)cc(C1CC1)n2C(=O)OC(C)(C)C. The van der Waals surface area contributed by atoms with Crippen molar-refractivity contribution in [1.82, 2.24) is 4.57 Å². The molecule has 2 aromatic rings. The summed E-state index contributed by atoms with van der Waals surface area (Å²) in [5.74, 6) is 1.27. The Morgan fingerprint density at radius 2 is 1.95 bits per heavy atom. The number of rotatable bonds is 2. The Morgan fingerprint density at radius 1 is 1.24 bits per heavy atom. The van der Waals surface area contributed by atoms with Gasteiger partial charge in [-0.05, 0) is 63.8 Å². The van der Waals surface area contributed by atoms with Crippen molar-refractivity contribution in [1.29, 1.82) is 0 Å². The van der Waals surface area contributed by atoms with Crippen molar-refractivity contribution in [3.8, 4) is 5.75 Å². The first-order valence-corrected chi connectivity index (χ1v) is 7.32. The highest BCUT2D eigenvalue weighted by Crippen LogP contribution is 2.42. The van der Waals surface area contributed by atoms with Gasteiger partial charge in [-0.2, -0.15) is 0 Å². The summed E-state index contributed by atoms with van der Waals surface area (Å²) in [5.41, 5.74) is 1.43. The predicted octanol–water partition coefficient (Wildman–Crippen LogP) is 4.31. The summed E-state index contributed by atoms with van der Waals surface area (Å²) in [5, 5.41) is 1.02. The normalized spacial score (nSPS) is 15.2. The molecule has 0 radical (unpaired) electrons. The van der Waals surface area contributed by atoms with Crippen molar-refractivity contribution in [2.24, 2.45) is 0 Å². The second kappa shape index (κ2) is 4.79. The molecule has 1 heterocycles. The van der Waals surface area contributed by atoms with Gasteiger partial charge in [-0.25, -0.2) is 9.36 Å². The number of methoxy groups -OCH3 is 1. The van der Waals surface area contributed by atoms with E-state index in [1.807, 2.05) is 39.0 Å². The zero-order chi connectivity index (χ0) is 15.2. The van der Waals surface area contributed by atoms with Crippen LogP contribution in [-0.2, 0) is 4.74 Å². The van der Waals surface area contributed by atoms with Crippen molar-refractivity contribution < 1.29 is 14.3 Å². The highest BCUT2D eigenvalue weighted by atomic mass is 16.6. The van der Waals surface area contributed by atoms with E-state index in [0.29, 0.717) is 5.92 Å². The van der Waals surface area contributed by atoms with Crippen LogP contribution in [0.4, 0.5) is 4.79 Å². The fourth-order valence-electron chi connectivity index (χ4n) is 2.53. The lowest BCUT2D eigenvalue weighted by Crippen LogP contribution is -2.27. The van der Waals surface area contributed by atoms with Crippen molar-refractivity contribution in [2.45, 2.75) is 45.1 Å². The molecule has 0 spiro atoms. The topological polar surface area (TPSA) is 40.5 Å². The van der Waals surface area contributed by atoms with Crippen molar-refractivity contribution in [3.05, 3.63) is 30.0 Å². The van der Waals surface area contributed by atoms with Crippen LogP contribution in [0.25, 0.3) is 10.9 Å². The van der Waals surface area contributed by atoms with Crippen LogP contribution in [0.15, 0.2) is 24.3 Å². The minimum atomic E-state index is -0.499. The molecule has 1 aliphatic carbocycles. The molecule has 0 saturated heterocycles. The van der Waals surface area contributed by atoms with E-state index in [0.717, 1.165) is 35.2 Å². The number of carbonyl (C=O) groups is 1. The third-order valence-corrected chi connectivity index (χ3v) is 3.61. The van der Waals surface area contributed by atoms with E-state index in [1.54, 1.807) is 11.7 Å². The summed E-state index contributed by atoms with van der Waals surface area (Å²) in [6.07, 6.45) is 1.97. The second-order valence-electron chi connectivity index (χ2n) is 6.58. The molecule has 4 heteroatoms. The van der Waals surface area contributed by atoms with Gasteiger partial charge in [0.1, 0.15) is 11.4 Å². The summed E-state index contributed by atoms with van der Waals surface area (Å²) < 4.78 is 12.5. The Labute approximate surface area is 124 Å². The first kappa shape index (κ1) is 14.0. The average molecular weight is 287 g/mol. The van der Waals surface area contributed by atoms with Crippen LogP contribution < -0.4 is 4.74 Å². The average Bonchev–Trinajstić information content (AvgIpc) is 3.16. The Hall–Kier alpha value is -1.97. The third kappa shape index (κ3) is 2.75. The van der Waals surface area contributed by atoms with Gasteiger partial charge < -0.3 is 9.47 Å². The summed E-state index contributed by atoms with van der Waals surface area (Å²) >= 11 is 0. The van der Waals surface area contributed by atoms with Gasteiger partial charge in [0.05, 0.1) is 12.6 Å². The van der Waals surface area contributed by atoms with E-state index in [1.165, 1.54) is 0 Å². The van der Waals surface area contributed by atoms with Gasteiger partial charge in [-0.3, -0.25) is 0 Å². The smallest absolute Gasteiger partial charge is 0.419 e. The lowest BCUT2D eigenvalue weighted by atomic mass is 10.2. The van der Waals surface area contributed by atoms with E-state index in [9.17, 15) is 4.79 Å². The van der Waals surface area contributed by atoms with E-state index >= 15 is 0 Å². The van der Waals surface area contributed by atoms with Crippen molar-refractivity contribution in [2.75, 3.05) is 7.11 Å². The van der Waals surface area contributed by atoms with Gasteiger partial charge in [0, 0.05) is 11.1 Å². The van der Waals surface area contributed by atoms with Gasteiger partial charge in [0.15, 0.2) is 0 Å². The van der Waals surface area contributed by atoms with Crippen LogP contribution in [-0.4, -0.2) is 23.4 Å². The lowest BCUT2D eigenvalue weighted by molar-refractivity contribution is 0.0540. The molecule has 1 saturated carbocycles. The molecule has 0 unspecified atom stereocenters. The largest absolute Gasteiger partial charge is 0.497 e. The minimum absolute atomic E-state index is 0.301. The molecule has 1 fully saturated rings. The number of ether oxygens (including phenoxy) is 2. The van der Waals surface area contributed by atoms with Crippen molar-refractivity contribution in [3.63, 3.8) is 0 Å². The van der Waals surface area contributed by atoms with Crippen LogP contribution in [0, 0.1) is 0 Å². The van der Waals surface area contributed by atoms with Crippen LogP contribution in [0.2, 0.25) is 0 Å². The van der Waals surface area contributed by atoms with E-state index in [4.69, 9.17) is 9.47 Å². The van der Waals surface area contributed by atoms with Crippen LogP contribution in [0.3, 0.4) is 0 Å². The summed E-state index contributed by atoms with van der Waals surface area (Å²) in [4.78, 5) is 12.6. The summed E-state index contributed by atoms with van der Waals surface area (Å²) in [6, 6.07) is 7.84. The molecule has 112 valence electrons. The first-order chi connectivity index (χ1) is 9.89. The van der Waals surface area contributed by atoms with E-state index < -0.39 is 5.60 Å². The van der Waals surface area contributed by atoms with Gasteiger partial charge in [-0.15, -0.1) is 0 Å². The zero-order valence-corrected chi connectivity index (χ0v) is 13.0. The molecular weight excluding hydrogens is 266 g/mol. The molecule has 0 atom stereocenters. The Balaban J connectivity index is 2.10. The van der Waals surface area contributed by atoms with E-state index in [2.05, 4.69) is 6.07 Å². The fourth-order valence-corrected chi connectivity index (χ4v) is 2.53. The third-order valence-electron chi connectivity index (χ3n) is 3.61. The monoisotopic (exact) mass is 287 g/mol. The number of carbonyl (C=O) groups excluding carboxylic acids is 1. The fraction of sp³-hybridized carbons (Fsp3) is 0.471. The van der Waals surface area contributed by atoms with Gasteiger partial charge in [0.2, 0.25) is 0 Å².